The van der Waals surface area contributed by atoms with E-state index in [0.29, 0.717) is 5.69 Å². The van der Waals surface area contributed by atoms with E-state index in [2.05, 4.69) is 10.6 Å². The number of hydrogen-bond acceptors (Lipinski definition) is 5. The van der Waals surface area contributed by atoms with Gasteiger partial charge in [-0.3, -0.25) is 9.59 Å². The van der Waals surface area contributed by atoms with Gasteiger partial charge in [-0.15, -0.1) is 0 Å². The highest BCUT2D eigenvalue weighted by atomic mass is 32.2. The molecule has 2 aliphatic heterocycles. The first-order chi connectivity index (χ1) is 12.8. The molecule has 2 heterocycles. The molecule has 0 spiro atoms. The number of fused-ring (bicyclic) bond motifs is 2. The van der Waals surface area contributed by atoms with E-state index < -0.39 is 10.0 Å². The van der Waals surface area contributed by atoms with Crippen LogP contribution in [0.1, 0.15) is 26.2 Å². The second kappa shape index (κ2) is 7.95. The summed E-state index contributed by atoms with van der Waals surface area (Å²) in [5.74, 6) is -0.373. The van der Waals surface area contributed by atoms with Gasteiger partial charge in [0.15, 0.2) is 0 Å². The molecule has 2 aliphatic rings. The summed E-state index contributed by atoms with van der Waals surface area (Å²) in [7, 11) is -2.36. The summed E-state index contributed by atoms with van der Waals surface area (Å²) < 4.78 is 26.7. The molecule has 3 rings (SSSR count). The SMILES string of the molecule is CC(=O)Nc1ccc(S(=O)(=O)N(C)CC(=O)N2C3CCNCC2CC3)cc1. The van der Waals surface area contributed by atoms with Gasteiger partial charge in [-0.2, -0.15) is 4.31 Å². The number of amides is 2. The zero-order valence-corrected chi connectivity index (χ0v) is 16.5. The number of rotatable bonds is 5. The van der Waals surface area contributed by atoms with Crippen molar-refractivity contribution in [1.82, 2.24) is 14.5 Å². The van der Waals surface area contributed by atoms with Crippen LogP contribution in [0.25, 0.3) is 0 Å². The van der Waals surface area contributed by atoms with E-state index in [4.69, 9.17) is 0 Å². The van der Waals surface area contributed by atoms with Crippen LogP contribution < -0.4 is 10.6 Å². The largest absolute Gasteiger partial charge is 0.334 e. The van der Waals surface area contributed by atoms with Gasteiger partial charge in [0.25, 0.3) is 0 Å². The van der Waals surface area contributed by atoms with Crippen LogP contribution in [0.2, 0.25) is 0 Å². The standard InChI is InChI=1S/C18H26N4O4S/c1-13(23)20-14-3-7-17(8-4-14)27(25,26)21(2)12-18(24)22-15-5-6-16(22)11-19-10-9-15/h3-4,7-8,15-16,19H,5-6,9-12H2,1-2H3,(H,20,23). The lowest BCUT2D eigenvalue weighted by Gasteiger charge is -2.29. The van der Waals surface area contributed by atoms with Crippen molar-refractivity contribution >= 4 is 27.5 Å². The first kappa shape index (κ1) is 19.8. The topological polar surface area (TPSA) is 98.8 Å². The highest BCUT2D eigenvalue weighted by Gasteiger charge is 2.39. The Labute approximate surface area is 160 Å². The van der Waals surface area contributed by atoms with E-state index in [9.17, 15) is 18.0 Å². The minimum atomic E-state index is -3.78. The molecular formula is C18H26N4O4S. The molecule has 0 aliphatic carbocycles. The molecule has 2 atom stereocenters. The van der Waals surface area contributed by atoms with Crippen LogP contribution in [-0.2, 0) is 19.6 Å². The first-order valence-corrected chi connectivity index (χ1v) is 10.6. The Morgan fingerprint density at radius 1 is 1.19 bits per heavy atom. The number of carbonyl (C=O) groups is 2. The lowest BCUT2D eigenvalue weighted by atomic mass is 10.1. The van der Waals surface area contributed by atoms with E-state index in [-0.39, 0.29) is 35.3 Å². The molecule has 2 N–H and O–H groups in total. The predicted octanol–water partition coefficient (Wildman–Crippen LogP) is 0.618. The van der Waals surface area contributed by atoms with Gasteiger partial charge in [0.2, 0.25) is 21.8 Å². The minimum absolute atomic E-state index is 0.0902. The van der Waals surface area contributed by atoms with Crippen molar-refractivity contribution in [2.75, 3.05) is 32.0 Å². The van der Waals surface area contributed by atoms with E-state index >= 15 is 0 Å². The van der Waals surface area contributed by atoms with Gasteiger partial charge in [-0.25, -0.2) is 8.42 Å². The van der Waals surface area contributed by atoms with Crippen molar-refractivity contribution in [3.63, 3.8) is 0 Å². The number of sulfonamides is 1. The molecule has 2 amide bonds. The van der Waals surface area contributed by atoms with Gasteiger partial charge in [-0.05, 0) is 50.1 Å². The van der Waals surface area contributed by atoms with Gasteiger partial charge in [0, 0.05) is 38.3 Å². The predicted molar refractivity (Wildman–Crippen MR) is 102 cm³/mol. The Hall–Kier alpha value is -1.97. The van der Waals surface area contributed by atoms with Crippen LogP contribution in [0.4, 0.5) is 5.69 Å². The minimum Gasteiger partial charge on any atom is -0.334 e. The van der Waals surface area contributed by atoms with Gasteiger partial charge >= 0.3 is 0 Å². The summed E-state index contributed by atoms with van der Waals surface area (Å²) in [4.78, 5) is 25.9. The van der Waals surface area contributed by atoms with Gasteiger partial charge < -0.3 is 15.5 Å². The zero-order chi connectivity index (χ0) is 19.6. The van der Waals surface area contributed by atoms with Crippen LogP contribution in [0.3, 0.4) is 0 Å². The van der Waals surface area contributed by atoms with Crippen molar-refractivity contribution in [3.8, 4) is 0 Å². The van der Waals surface area contributed by atoms with Gasteiger partial charge in [0.05, 0.1) is 11.4 Å². The average molecular weight is 394 g/mol. The summed E-state index contributed by atoms with van der Waals surface area (Å²) in [6, 6.07) is 6.28. The number of nitrogens with zero attached hydrogens (tertiary/aromatic N) is 2. The molecule has 148 valence electrons. The third-order valence-corrected chi connectivity index (χ3v) is 7.00. The van der Waals surface area contributed by atoms with Crippen LogP contribution in [0.15, 0.2) is 29.2 Å². The molecule has 27 heavy (non-hydrogen) atoms. The van der Waals surface area contributed by atoms with E-state index in [1.54, 1.807) is 0 Å². The van der Waals surface area contributed by atoms with Gasteiger partial charge in [0.1, 0.15) is 0 Å². The van der Waals surface area contributed by atoms with Gasteiger partial charge in [-0.1, -0.05) is 0 Å². The van der Waals surface area contributed by atoms with Crippen LogP contribution in [0, 0.1) is 0 Å². The number of carbonyl (C=O) groups excluding carboxylic acids is 2. The fourth-order valence-electron chi connectivity index (χ4n) is 3.84. The number of nitrogens with one attached hydrogen (secondary N) is 2. The lowest BCUT2D eigenvalue weighted by Crippen LogP contribution is -2.47. The van der Waals surface area contributed by atoms with Crippen molar-refractivity contribution in [2.24, 2.45) is 0 Å². The Morgan fingerprint density at radius 3 is 2.52 bits per heavy atom. The maximum Gasteiger partial charge on any atom is 0.243 e. The average Bonchev–Trinajstić information content (AvgIpc) is 2.87. The zero-order valence-electron chi connectivity index (χ0n) is 15.6. The number of anilines is 1. The summed E-state index contributed by atoms with van der Waals surface area (Å²) in [5, 5.41) is 5.93. The third-order valence-electron chi connectivity index (χ3n) is 5.18. The number of benzene rings is 1. The fraction of sp³-hybridized carbons (Fsp3) is 0.556. The summed E-state index contributed by atoms with van der Waals surface area (Å²) in [6.07, 6.45) is 2.85. The molecular weight excluding hydrogens is 368 g/mol. The Balaban J connectivity index is 1.69. The fourth-order valence-corrected chi connectivity index (χ4v) is 4.96. The van der Waals surface area contributed by atoms with E-state index in [1.165, 1.54) is 38.2 Å². The lowest BCUT2D eigenvalue weighted by molar-refractivity contribution is -0.133. The molecule has 2 fully saturated rings. The maximum atomic E-state index is 12.8. The van der Waals surface area contributed by atoms with Crippen molar-refractivity contribution in [2.45, 2.75) is 43.2 Å². The Kier molecular flexibility index (Phi) is 5.83. The number of likely N-dealkylation sites (N-methyl/N-ethyl adjacent to an activating group) is 1. The van der Waals surface area contributed by atoms with Crippen molar-refractivity contribution < 1.29 is 18.0 Å². The van der Waals surface area contributed by atoms with E-state index in [1.807, 2.05) is 4.90 Å². The van der Waals surface area contributed by atoms with Crippen molar-refractivity contribution in [1.29, 1.82) is 0 Å². The molecule has 0 saturated carbocycles. The molecule has 0 radical (unpaired) electrons. The van der Waals surface area contributed by atoms with Crippen LogP contribution >= 0.6 is 0 Å². The third kappa shape index (κ3) is 4.31. The summed E-state index contributed by atoms with van der Waals surface area (Å²) in [6.45, 7) is 2.86. The summed E-state index contributed by atoms with van der Waals surface area (Å²) >= 11 is 0. The van der Waals surface area contributed by atoms with Crippen LogP contribution in [0.5, 0.6) is 0 Å². The molecule has 0 aromatic heterocycles. The number of hydrogen-bond donors (Lipinski definition) is 2. The smallest absolute Gasteiger partial charge is 0.243 e. The van der Waals surface area contributed by atoms with Crippen LogP contribution in [-0.4, -0.2) is 68.2 Å². The van der Waals surface area contributed by atoms with E-state index in [0.717, 1.165) is 36.7 Å². The quantitative estimate of drug-likeness (QED) is 0.763. The molecule has 2 saturated heterocycles. The second-order valence-corrected chi connectivity index (χ2v) is 9.19. The molecule has 1 aromatic rings. The molecule has 9 heteroatoms. The molecule has 1 aromatic carbocycles. The monoisotopic (exact) mass is 394 g/mol. The normalized spacial score (nSPS) is 22.6. The molecule has 2 unspecified atom stereocenters. The molecule has 8 nitrogen and oxygen atoms in total. The Bertz CT molecular complexity index is 795. The highest BCUT2D eigenvalue weighted by Crippen LogP contribution is 2.28. The second-order valence-electron chi connectivity index (χ2n) is 7.15. The van der Waals surface area contributed by atoms with Crippen molar-refractivity contribution in [3.05, 3.63) is 24.3 Å². The maximum absolute atomic E-state index is 12.8. The first-order valence-electron chi connectivity index (χ1n) is 9.15. The highest BCUT2D eigenvalue weighted by molar-refractivity contribution is 7.89. The Morgan fingerprint density at radius 2 is 1.85 bits per heavy atom. The summed E-state index contributed by atoms with van der Waals surface area (Å²) in [5.41, 5.74) is 0.522. The molecule has 2 bridgehead atoms.